The van der Waals surface area contributed by atoms with Gasteiger partial charge >= 0.3 is 18.0 Å². The van der Waals surface area contributed by atoms with Crippen molar-refractivity contribution in [3.05, 3.63) is 65.7 Å². The van der Waals surface area contributed by atoms with E-state index >= 15 is 0 Å². The zero-order valence-electron chi connectivity index (χ0n) is 26.7. The van der Waals surface area contributed by atoms with Crippen molar-refractivity contribution in [3.8, 4) is 5.75 Å². The molecule has 0 saturated carbocycles. The Morgan fingerprint density at radius 1 is 0.978 bits per heavy atom. The fraction of sp³-hybridized carbons (Fsp3) is 0.485. The maximum Gasteiger partial charge on any atom is 0.408 e. The van der Waals surface area contributed by atoms with Crippen LogP contribution in [-0.2, 0) is 46.2 Å². The molecular formula is C33H43N3O10. The van der Waals surface area contributed by atoms with E-state index in [0.717, 1.165) is 12.7 Å². The summed E-state index contributed by atoms with van der Waals surface area (Å²) in [5, 5.41) is 14.8. The van der Waals surface area contributed by atoms with Gasteiger partial charge < -0.3 is 39.6 Å². The van der Waals surface area contributed by atoms with Crippen LogP contribution < -0.4 is 15.4 Å². The first-order valence-corrected chi connectivity index (χ1v) is 15.1. The molecule has 0 radical (unpaired) electrons. The summed E-state index contributed by atoms with van der Waals surface area (Å²) in [5.74, 6) is -2.35. The van der Waals surface area contributed by atoms with Crippen molar-refractivity contribution in [1.29, 1.82) is 0 Å². The number of rotatable bonds is 16. The number of carbonyl (C=O) groups excluding carboxylic acids is 4. The molecule has 3 atom stereocenters. The third-order valence-corrected chi connectivity index (χ3v) is 7.00. The fourth-order valence-corrected chi connectivity index (χ4v) is 4.82. The Bertz CT molecular complexity index is 1340. The SMILES string of the molecule is COC(=O)[C@@H](NC(=O)[C@H](CCc1ccccc1)NC(=O)OC(C)(C)C)OCCOc1cccc(C[C@@H](C(=O)O)N2CCCC2=O)c1. The maximum atomic E-state index is 13.3. The number of carbonyl (C=O) groups is 5. The Labute approximate surface area is 268 Å². The Morgan fingerprint density at radius 2 is 1.70 bits per heavy atom. The Kier molecular flexibility index (Phi) is 13.4. The van der Waals surface area contributed by atoms with E-state index in [1.807, 2.05) is 30.3 Å². The van der Waals surface area contributed by atoms with Crippen molar-refractivity contribution in [3.63, 3.8) is 0 Å². The van der Waals surface area contributed by atoms with E-state index in [1.54, 1.807) is 45.0 Å². The first-order valence-electron chi connectivity index (χ1n) is 15.1. The van der Waals surface area contributed by atoms with Gasteiger partial charge in [0.05, 0.1) is 13.7 Å². The van der Waals surface area contributed by atoms with Gasteiger partial charge in [-0.05, 0) is 63.3 Å². The Hall–Kier alpha value is -4.65. The standard InChI is InChI=1S/C33H43N3O10/c1-33(2,3)46-32(42)34-25(16-15-22-10-6-5-7-11-22)28(38)35-29(31(41)43-4)45-19-18-44-24-13-8-12-23(20-24)21-26(30(39)40)36-17-9-14-27(36)37/h5-8,10-13,20,25-26,29H,9,14-19,21H2,1-4H3,(H,34,42)(H,35,38)(H,39,40)/t25-,26-,29-/m0/s1. The van der Waals surface area contributed by atoms with Gasteiger partial charge in [-0.2, -0.15) is 0 Å². The third kappa shape index (κ3) is 11.7. The molecule has 13 nitrogen and oxygen atoms in total. The highest BCUT2D eigenvalue weighted by Gasteiger charge is 2.33. The third-order valence-electron chi connectivity index (χ3n) is 7.00. The minimum Gasteiger partial charge on any atom is -0.491 e. The number of esters is 1. The van der Waals surface area contributed by atoms with Crippen LogP contribution in [0.5, 0.6) is 5.75 Å². The van der Waals surface area contributed by atoms with Gasteiger partial charge in [0.2, 0.25) is 18.0 Å². The molecule has 46 heavy (non-hydrogen) atoms. The highest BCUT2D eigenvalue weighted by atomic mass is 16.6. The molecule has 0 aliphatic carbocycles. The second-order valence-corrected chi connectivity index (χ2v) is 11.8. The van der Waals surface area contributed by atoms with Gasteiger partial charge in [-0.25, -0.2) is 14.4 Å². The van der Waals surface area contributed by atoms with Gasteiger partial charge in [-0.1, -0.05) is 42.5 Å². The van der Waals surface area contributed by atoms with Gasteiger partial charge in [0.15, 0.2) is 0 Å². The topological polar surface area (TPSA) is 170 Å². The Balaban J connectivity index is 1.58. The molecule has 1 fully saturated rings. The summed E-state index contributed by atoms with van der Waals surface area (Å²) in [5.41, 5.74) is 0.840. The van der Waals surface area contributed by atoms with Crippen LogP contribution in [0.15, 0.2) is 54.6 Å². The minimum absolute atomic E-state index is 0.0205. The van der Waals surface area contributed by atoms with E-state index in [0.29, 0.717) is 37.1 Å². The van der Waals surface area contributed by atoms with Crippen molar-refractivity contribution < 1.29 is 48.0 Å². The molecule has 1 aliphatic rings. The summed E-state index contributed by atoms with van der Waals surface area (Å²) in [7, 11) is 1.15. The lowest BCUT2D eigenvalue weighted by molar-refractivity contribution is -0.160. The summed E-state index contributed by atoms with van der Waals surface area (Å²) in [6.45, 7) is 5.37. The lowest BCUT2D eigenvalue weighted by atomic mass is 10.0. The number of hydrogen-bond donors (Lipinski definition) is 3. The zero-order chi connectivity index (χ0) is 33.7. The van der Waals surface area contributed by atoms with E-state index in [4.69, 9.17) is 18.9 Å². The highest BCUT2D eigenvalue weighted by molar-refractivity contribution is 5.89. The van der Waals surface area contributed by atoms with Crippen molar-refractivity contribution >= 4 is 29.8 Å². The number of methoxy groups -OCH3 is 1. The van der Waals surface area contributed by atoms with Crippen molar-refractivity contribution in [2.24, 2.45) is 0 Å². The minimum atomic E-state index is -1.48. The Morgan fingerprint density at radius 3 is 2.33 bits per heavy atom. The summed E-state index contributed by atoms with van der Waals surface area (Å²) < 4.78 is 21.5. The maximum absolute atomic E-state index is 13.3. The number of carboxylic acid groups (broad SMARTS) is 1. The van der Waals surface area contributed by atoms with Gasteiger partial charge in [-0.15, -0.1) is 0 Å². The number of alkyl carbamates (subject to hydrolysis) is 1. The number of nitrogens with zero attached hydrogens (tertiary/aromatic N) is 1. The molecule has 1 heterocycles. The molecule has 13 heteroatoms. The quantitative estimate of drug-likeness (QED) is 0.141. The van der Waals surface area contributed by atoms with Gasteiger partial charge in [0.25, 0.3) is 0 Å². The number of benzene rings is 2. The van der Waals surface area contributed by atoms with E-state index in [2.05, 4.69) is 10.6 Å². The van der Waals surface area contributed by atoms with Crippen LogP contribution in [0.2, 0.25) is 0 Å². The molecule has 250 valence electrons. The predicted molar refractivity (Wildman–Crippen MR) is 166 cm³/mol. The zero-order valence-corrected chi connectivity index (χ0v) is 26.7. The van der Waals surface area contributed by atoms with Crippen LogP contribution in [0.25, 0.3) is 0 Å². The second kappa shape index (κ2) is 17.2. The van der Waals surface area contributed by atoms with E-state index in [1.165, 1.54) is 4.90 Å². The second-order valence-electron chi connectivity index (χ2n) is 11.8. The largest absolute Gasteiger partial charge is 0.491 e. The van der Waals surface area contributed by atoms with E-state index in [-0.39, 0.29) is 32.0 Å². The molecule has 3 rings (SSSR count). The first kappa shape index (κ1) is 35.8. The molecule has 2 aromatic rings. The molecular weight excluding hydrogens is 598 g/mol. The number of aliphatic carboxylic acids is 1. The van der Waals surface area contributed by atoms with Crippen molar-refractivity contribution in [2.45, 2.75) is 76.8 Å². The lowest BCUT2D eigenvalue weighted by Crippen LogP contribution is -2.53. The molecule has 1 saturated heterocycles. The average molecular weight is 642 g/mol. The van der Waals surface area contributed by atoms with Crippen LogP contribution in [0, 0.1) is 0 Å². The molecule has 0 aromatic heterocycles. The van der Waals surface area contributed by atoms with Crippen LogP contribution in [0.4, 0.5) is 4.79 Å². The number of carboxylic acids is 1. The number of aryl methyl sites for hydroxylation is 1. The molecule has 0 unspecified atom stereocenters. The van der Waals surface area contributed by atoms with Crippen LogP contribution in [0.3, 0.4) is 0 Å². The lowest BCUT2D eigenvalue weighted by Gasteiger charge is -2.25. The van der Waals surface area contributed by atoms with Crippen molar-refractivity contribution in [1.82, 2.24) is 15.5 Å². The number of nitrogens with one attached hydrogen (secondary N) is 2. The first-order chi connectivity index (χ1) is 21.9. The monoisotopic (exact) mass is 641 g/mol. The van der Waals surface area contributed by atoms with Crippen LogP contribution >= 0.6 is 0 Å². The summed E-state index contributed by atoms with van der Waals surface area (Å²) in [6, 6.07) is 14.2. The summed E-state index contributed by atoms with van der Waals surface area (Å²) in [6.07, 6.45) is -0.491. The van der Waals surface area contributed by atoms with Crippen molar-refractivity contribution in [2.75, 3.05) is 26.9 Å². The van der Waals surface area contributed by atoms with E-state index in [9.17, 15) is 29.1 Å². The summed E-state index contributed by atoms with van der Waals surface area (Å²) >= 11 is 0. The van der Waals surface area contributed by atoms with E-state index < -0.39 is 47.9 Å². The number of hydrogen-bond acceptors (Lipinski definition) is 9. The molecule has 2 aromatic carbocycles. The number of amides is 3. The predicted octanol–water partition coefficient (Wildman–Crippen LogP) is 2.84. The van der Waals surface area contributed by atoms with Crippen LogP contribution in [0.1, 0.15) is 51.2 Å². The average Bonchev–Trinajstić information content (AvgIpc) is 3.43. The normalized spacial score (nSPS) is 15.0. The molecule has 0 spiro atoms. The smallest absolute Gasteiger partial charge is 0.408 e. The molecule has 3 N–H and O–H groups in total. The van der Waals surface area contributed by atoms with Crippen LogP contribution in [-0.4, -0.2) is 90.6 Å². The molecule has 3 amide bonds. The van der Waals surface area contributed by atoms with Gasteiger partial charge in [0, 0.05) is 19.4 Å². The van der Waals surface area contributed by atoms with Gasteiger partial charge in [-0.3, -0.25) is 9.59 Å². The number of ether oxygens (including phenoxy) is 4. The molecule has 1 aliphatic heterocycles. The number of likely N-dealkylation sites (tertiary alicyclic amines) is 1. The molecule has 0 bridgehead atoms. The van der Waals surface area contributed by atoms with Gasteiger partial charge in [0.1, 0.15) is 30.0 Å². The fourth-order valence-electron chi connectivity index (χ4n) is 4.82. The highest BCUT2D eigenvalue weighted by Crippen LogP contribution is 2.20. The summed E-state index contributed by atoms with van der Waals surface area (Å²) in [4.78, 5) is 63.6.